The number of benzene rings is 1. The first-order chi connectivity index (χ1) is 17.8. The summed E-state index contributed by atoms with van der Waals surface area (Å²) in [5, 5.41) is 35.2. The minimum absolute atomic E-state index is 0.0289. The number of carbonyl (C=O) groups excluding carboxylic acids is 1. The number of halogens is 2. The number of amides is 1. The number of rotatable bonds is 8. The Kier molecular flexibility index (Phi) is 7.88. The van der Waals surface area contributed by atoms with Crippen LogP contribution in [0.3, 0.4) is 0 Å². The minimum atomic E-state index is -1.12. The van der Waals surface area contributed by atoms with Gasteiger partial charge < -0.3 is 30.2 Å². The molecular formula is C27H35ClFN5O4. The zero-order valence-corrected chi connectivity index (χ0v) is 22.8. The molecule has 5 N–H and O–H groups in total. The van der Waals surface area contributed by atoms with E-state index in [0.29, 0.717) is 35.6 Å². The van der Waals surface area contributed by atoms with Gasteiger partial charge in [-0.3, -0.25) is 10.2 Å². The predicted octanol–water partition coefficient (Wildman–Crippen LogP) is 3.97. The lowest BCUT2D eigenvalue weighted by Crippen LogP contribution is -2.36. The third-order valence-corrected chi connectivity index (χ3v) is 7.70. The van der Waals surface area contributed by atoms with Gasteiger partial charge in [-0.1, -0.05) is 11.6 Å². The molecule has 1 aromatic carbocycles. The van der Waals surface area contributed by atoms with E-state index in [1.807, 2.05) is 0 Å². The summed E-state index contributed by atoms with van der Waals surface area (Å²) in [6, 6.07) is 4.03. The van der Waals surface area contributed by atoms with Crippen LogP contribution in [0.15, 0.2) is 36.3 Å². The molecule has 1 aromatic heterocycles. The van der Waals surface area contributed by atoms with Crippen LogP contribution < -0.4 is 10.6 Å². The SMILES string of the molecule is CN/C(=C\C(=N)OCC(C)(C)O)C1(O)CC2CC(c3ncn(C)c3C(=O)Nc3ccc(F)c(Cl)c3)CC2C1. The number of anilines is 1. The van der Waals surface area contributed by atoms with Crippen molar-refractivity contribution >= 4 is 29.1 Å². The highest BCUT2D eigenvalue weighted by molar-refractivity contribution is 6.31. The third kappa shape index (κ3) is 6.03. The zero-order valence-electron chi connectivity index (χ0n) is 22.0. The third-order valence-electron chi connectivity index (χ3n) is 7.41. The van der Waals surface area contributed by atoms with Gasteiger partial charge in [0.25, 0.3) is 5.91 Å². The summed E-state index contributed by atoms with van der Waals surface area (Å²) in [4.78, 5) is 17.7. The Balaban J connectivity index is 1.44. The molecule has 206 valence electrons. The second kappa shape index (κ2) is 10.7. The number of carbonyl (C=O) groups is 1. The van der Waals surface area contributed by atoms with Gasteiger partial charge in [0, 0.05) is 37.5 Å². The summed E-state index contributed by atoms with van der Waals surface area (Å²) in [7, 11) is 3.47. The molecule has 9 nitrogen and oxygen atoms in total. The lowest BCUT2D eigenvalue weighted by Gasteiger charge is -2.28. The molecule has 2 aromatic rings. The number of aryl methyl sites for hydroxylation is 1. The Bertz CT molecular complexity index is 1240. The van der Waals surface area contributed by atoms with Crippen LogP contribution in [0.2, 0.25) is 5.02 Å². The number of likely N-dealkylation sites (N-methyl/N-ethyl adjacent to an activating group) is 1. The molecule has 0 radical (unpaired) electrons. The van der Waals surface area contributed by atoms with E-state index in [0.717, 1.165) is 12.8 Å². The Morgan fingerprint density at radius 3 is 2.61 bits per heavy atom. The minimum Gasteiger partial charge on any atom is -0.475 e. The highest BCUT2D eigenvalue weighted by atomic mass is 35.5. The molecule has 1 amide bonds. The molecule has 0 aliphatic heterocycles. The first-order valence-electron chi connectivity index (χ1n) is 12.6. The van der Waals surface area contributed by atoms with Crippen molar-refractivity contribution in [1.82, 2.24) is 14.9 Å². The van der Waals surface area contributed by atoms with Crippen molar-refractivity contribution in [3.8, 4) is 0 Å². The Labute approximate surface area is 226 Å². The molecule has 1 heterocycles. The number of aliphatic hydroxyl groups is 2. The molecule has 2 fully saturated rings. The number of nitrogens with one attached hydrogen (secondary N) is 3. The fraction of sp³-hybridized carbons (Fsp3) is 0.519. The van der Waals surface area contributed by atoms with Crippen LogP contribution in [0.25, 0.3) is 0 Å². The predicted molar refractivity (Wildman–Crippen MR) is 143 cm³/mol. The van der Waals surface area contributed by atoms with Gasteiger partial charge in [-0.15, -0.1) is 0 Å². The second-order valence-electron chi connectivity index (χ2n) is 11.1. The number of aromatic nitrogens is 2. The Morgan fingerprint density at radius 2 is 2.03 bits per heavy atom. The fourth-order valence-electron chi connectivity index (χ4n) is 5.76. The van der Waals surface area contributed by atoms with Crippen molar-refractivity contribution in [2.24, 2.45) is 18.9 Å². The van der Waals surface area contributed by atoms with Crippen LogP contribution in [0.4, 0.5) is 10.1 Å². The second-order valence-corrected chi connectivity index (χ2v) is 11.5. The topological polar surface area (TPSA) is 132 Å². The molecule has 2 saturated carbocycles. The normalized spacial score (nSPS) is 25.3. The summed E-state index contributed by atoms with van der Waals surface area (Å²) in [6.07, 6.45) is 5.68. The molecule has 38 heavy (non-hydrogen) atoms. The van der Waals surface area contributed by atoms with Crippen molar-refractivity contribution < 1.29 is 24.1 Å². The molecule has 2 atom stereocenters. The molecule has 0 saturated heterocycles. The van der Waals surface area contributed by atoms with E-state index in [1.54, 1.807) is 38.8 Å². The molecule has 0 bridgehead atoms. The summed E-state index contributed by atoms with van der Waals surface area (Å²) < 4.78 is 20.5. The van der Waals surface area contributed by atoms with Crippen LogP contribution >= 0.6 is 11.6 Å². The lowest BCUT2D eigenvalue weighted by atomic mass is 9.89. The summed E-state index contributed by atoms with van der Waals surface area (Å²) in [5.41, 5.74) is -0.124. The maximum Gasteiger partial charge on any atom is 0.274 e. The molecule has 2 unspecified atom stereocenters. The molecule has 2 aliphatic rings. The molecule has 4 rings (SSSR count). The van der Waals surface area contributed by atoms with Crippen LogP contribution in [-0.4, -0.2) is 56.4 Å². The molecule has 11 heteroatoms. The smallest absolute Gasteiger partial charge is 0.274 e. The van der Waals surface area contributed by atoms with Gasteiger partial charge in [-0.25, -0.2) is 9.37 Å². The van der Waals surface area contributed by atoms with E-state index in [2.05, 4.69) is 15.6 Å². The van der Waals surface area contributed by atoms with E-state index in [9.17, 15) is 19.4 Å². The van der Waals surface area contributed by atoms with E-state index in [1.165, 1.54) is 24.3 Å². The standard InChI is InChI=1S/C27H35ClFN5O4/c1-26(2,36)13-38-22(30)10-21(31-3)27(37)11-16-7-15(8-17(16)12-27)23-24(34(4)14-32-23)25(35)33-18-5-6-20(29)19(28)9-18/h5-6,9-10,14-17,30-31,36-37H,7-8,11-13H2,1-4H3,(H,33,35)/b21-10-,30-22?. The van der Waals surface area contributed by atoms with Crippen molar-refractivity contribution in [1.29, 1.82) is 5.41 Å². The number of imidazole rings is 1. The first-order valence-corrected chi connectivity index (χ1v) is 13.0. The number of hydrogen-bond acceptors (Lipinski definition) is 7. The average Bonchev–Trinajstić information content (AvgIpc) is 3.49. The number of fused-ring (bicyclic) bond motifs is 1. The van der Waals surface area contributed by atoms with Gasteiger partial charge in [0.1, 0.15) is 23.7 Å². The maximum absolute atomic E-state index is 13.5. The Hall–Kier alpha value is -2.95. The highest BCUT2D eigenvalue weighted by Crippen LogP contribution is 2.55. The summed E-state index contributed by atoms with van der Waals surface area (Å²) >= 11 is 5.86. The summed E-state index contributed by atoms with van der Waals surface area (Å²) in [6.45, 7) is 3.17. The molecule has 2 aliphatic carbocycles. The highest BCUT2D eigenvalue weighted by Gasteiger charge is 2.51. The van der Waals surface area contributed by atoms with Crippen molar-refractivity contribution in [2.75, 3.05) is 19.0 Å². The number of nitrogens with zero attached hydrogens (tertiary/aromatic N) is 2. The molecular weight excluding hydrogens is 513 g/mol. The van der Waals surface area contributed by atoms with E-state index in [4.69, 9.17) is 21.7 Å². The first kappa shape index (κ1) is 28.1. The largest absolute Gasteiger partial charge is 0.475 e. The van der Waals surface area contributed by atoms with Gasteiger partial charge in [-0.2, -0.15) is 0 Å². The van der Waals surface area contributed by atoms with Gasteiger partial charge in [0.05, 0.1) is 22.6 Å². The maximum atomic E-state index is 13.5. The zero-order chi connectivity index (χ0) is 27.8. The van der Waals surface area contributed by atoms with E-state index in [-0.39, 0.29) is 41.2 Å². The van der Waals surface area contributed by atoms with Crippen LogP contribution in [0, 0.1) is 23.1 Å². The van der Waals surface area contributed by atoms with Crippen molar-refractivity contribution in [2.45, 2.75) is 56.7 Å². The fourth-order valence-corrected chi connectivity index (χ4v) is 5.94. The van der Waals surface area contributed by atoms with Crippen molar-refractivity contribution in [3.63, 3.8) is 0 Å². The monoisotopic (exact) mass is 547 g/mol. The quantitative estimate of drug-likeness (QED) is 0.251. The average molecular weight is 548 g/mol. The van der Waals surface area contributed by atoms with Crippen molar-refractivity contribution in [3.05, 3.63) is 58.5 Å². The lowest BCUT2D eigenvalue weighted by molar-refractivity contribution is 0.0237. The van der Waals surface area contributed by atoms with Crippen LogP contribution in [-0.2, 0) is 11.8 Å². The van der Waals surface area contributed by atoms with Gasteiger partial charge >= 0.3 is 0 Å². The van der Waals surface area contributed by atoms with E-state index < -0.39 is 17.0 Å². The number of ether oxygens (including phenoxy) is 1. The van der Waals surface area contributed by atoms with Crippen LogP contribution in [0.1, 0.15) is 61.6 Å². The van der Waals surface area contributed by atoms with E-state index >= 15 is 0 Å². The van der Waals surface area contributed by atoms with Crippen LogP contribution in [0.5, 0.6) is 0 Å². The van der Waals surface area contributed by atoms with Gasteiger partial charge in [0.15, 0.2) is 0 Å². The summed E-state index contributed by atoms with van der Waals surface area (Å²) in [5.74, 6) is -0.529. The number of hydrogen-bond donors (Lipinski definition) is 5. The molecule has 0 spiro atoms. The van der Waals surface area contributed by atoms with Gasteiger partial charge in [0.2, 0.25) is 5.90 Å². The Morgan fingerprint density at radius 1 is 1.37 bits per heavy atom. The van der Waals surface area contributed by atoms with Gasteiger partial charge in [-0.05, 0) is 69.6 Å².